The zero-order chi connectivity index (χ0) is 9.84. The summed E-state index contributed by atoms with van der Waals surface area (Å²) >= 11 is 17.5. The van der Waals surface area contributed by atoms with Crippen LogP contribution in [0.2, 0.25) is 15.1 Å². The Balaban J connectivity index is 3.00. The molecule has 0 saturated carbocycles. The minimum Gasteiger partial charge on any atom is -0.372 e. The van der Waals surface area contributed by atoms with Gasteiger partial charge >= 0.3 is 0 Å². The van der Waals surface area contributed by atoms with Gasteiger partial charge in [0.1, 0.15) is 0 Å². The molecule has 1 N–H and O–H groups in total. The van der Waals surface area contributed by atoms with Crippen LogP contribution < -0.4 is 5.32 Å². The predicted octanol–water partition coefficient (Wildman–Crippen LogP) is 3.69. The van der Waals surface area contributed by atoms with Crippen LogP contribution >= 0.6 is 34.8 Å². The highest BCUT2D eigenvalue weighted by molar-refractivity contribution is 6.41. The van der Waals surface area contributed by atoms with Gasteiger partial charge in [0.15, 0.2) is 0 Å². The van der Waals surface area contributed by atoms with Gasteiger partial charge < -0.3 is 5.32 Å². The number of hydrogen-bond donors (Lipinski definition) is 1. The van der Waals surface area contributed by atoms with Crippen LogP contribution in [0.4, 0.5) is 5.69 Å². The molecule has 0 fully saturated rings. The van der Waals surface area contributed by atoms with Gasteiger partial charge in [-0.3, -0.25) is 0 Å². The van der Waals surface area contributed by atoms with Gasteiger partial charge in [-0.15, -0.1) is 6.42 Å². The first-order valence-corrected chi connectivity index (χ1v) is 4.60. The van der Waals surface area contributed by atoms with Crippen LogP contribution in [0.25, 0.3) is 0 Å². The summed E-state index contributed by atoms with van der Waals surface area (Å²) in [5.74, 6) is 2.42. The average Bonchev–Trinajstić information content (AvgIpc) is 2.02. The summed E-state index contributed by atoms with van der Waals surface area (Å²) in [7, 11) is 0. The second kappa shape index (κ2) is 4.62. The highest BCUT2D eigenvalue weighted by Crippen LogP contribution is 2.33. The van der Waals surface area contributed by atoms with Crippen molar-refractivity contribution in [2.75, 3.05) is 11.9 Å². The number of hydrogen-bond acceptors (Lipinski definition) is 1. The number of anilines is 1. The minimum atomic E-state index is 0.376. The second-order valence-electron chi connectivity index (χ2n) is 2.30. The molecule has 0 radical (unpaired) electrons. The third-order valence-corrected chi connectivity index (χ3v) is 2.19. The lowest BCUT2D eigenvalue weighted by Gasteiger charge is -2.07. The molecule has 13 heavy (non-hydrogen) atoms. The maximum atomic E-state index is 5.87. The molecule has 0 amide bonds. The molecule has 0 aliphatic heterocycles. The van der Waals surface area contributed by atoms with Crippen molar-refractivity contribution in [3.8, 4) is 12.3 Å². The Morgan fingerprint density at radius 2 is 1.77 bits per heavy atom. The summed E-state index contributed by atoms with van der Waals surface area (Å²) < 4.78 is 0. The molecule has 0 atom stereocenters. The molecule has 0 aliphatic carbocycles. The maximum Gasteiger partial charge on any atom is 0.0764 e. The molecule has 0 unspecified atom stereocenters. The van der Waals surface area contributed by atoms with Gasteiger partial charge in [-0.05, 0) is 12.1 Å². The number of halogens is 3. The van der Waals surface area contributed by atoms with E-state index in [0.29, 0.717) is 27.3 Å². The smallest absolute Gasteiger partial charge is 0.0764 e. The minimum absolute atomic E-state index is 0.376. The first-order chi connectivity index (χ1) is 6.15. The molecule has 68 valence electrons. The standard InChI is InChI=1S/C9H6Cl3N/c1-2-3-13-9-7(11)4-6(10)5-8(9)12/h1,4-5,13H,3H2. The van der Waals surface area contributed by atoms with E-state index in [1.54, 1.807) is 12.1 Å². The van der Waals surface area contributed by atoms with Gasteiger partial charge in [-0.2, -0.15) is 0 Å². The lowest BCUT2D eigenvalue weighted by atomic mass is 10.3. The quantitative estimate of drug-likeness (QED) is 0.770. The zero-order valence-corrected chi connectivity index (χ0v) is 8.84. The van der Waals surface area contributed by atoms with E-state index in [9.17, 15) is 0 Å². The van der Waals surface area contributed by atoms with Gasteiger partial charge in [-0.1, -0.05) is 40.7 Å². The molecule has 1 aromatic carbocycles. The van der Waals surface area contributed by atoms with E-state index in [-0.39, 0.29) is 0 Å². The van der Waals surface area contributed by atoms with Crippen LogP contribution in [0.3, 0.4) is 0 Å². The van der Waals surface area contributed by atoms with Crippen LogP contribution in [-0.2, 0) is 0 Å². The first-order valence-electron chi connectivity index (χ1n) is 3.47. The van der Waals surface area contributed by atoms with Crippen molar-refractivity contribution >= 4 is 40.5 Å². The van der Waals surface area contributed by atoms with Crippen molar-refractivity contribution < 1.29 is 0 Å². The Hall–Kier alpha value is -0.550. The lowest BCUT2D eigenvalue weighted by Crippen LogP contribution is -1.99. The number of nitrogens with one attached hydrogen (secondary N) is 1. The predicted molar refractivity (Wildman–Crippen MR) is 58.8 cm³/mol. The Kier molecular flexibility index (Phi) is 3.74. The van der Waals surface area contributed by atoms with Gasteiger partial charge in [0.2, 0.25) is 0 Å². The lowest BCUT2D eigenvalue weighted by molar-refractivity contribution is 1.38. The van der Waals surface area contributed by atoms with Crippen LogP contribution in [0.5, 0.6) is 0 Å². The van der Waals surface area contributed by atoms with Crippen molar-refractivity contribution in [3.63, 3.8) is 0 Å². The molecule has 0 heterocycles. The van der Waals surface area contributed by atoms with Crippen LogP contribution in [0.15, 0.2) is 12.1 Å². The largest absolute Gasteiger partial charge is 0.372 e. The molecule has 4 heteroatoms. The molecule has 0 saturated heterocycles. The molecule has 0 aromatic heterocycles. The van der Waals surface area contributed by atoms with E-state index in [2.05, 4.69) is 11.2 Å². The third kappa shape index (κ3) is 2.70. The van der Waals surface area contributed by atoms with E-state index in [0.717, 1.165) is 0 Å². The van der Waals surface area contributed by atoms with Crippen LogP contribution in [0, 0.1) is 12.3 Å². The Labute approximate surface area is 92.0 Å². The SMILES string of the molecule is C#CCNc1c(Cl)cc(Cl)cc1Cl. The summed E-state index contributed by atoms with van der Waals surface area (Å²) in [6, 6.07) is 3.21. The zero-order valence-electron chi connectivity index (χ0n) is 6.57. The van der Waals surface area contributed by atoms with Crippen molar-refractivity contribution in [1.82, 2.24) is 0 Å². The normalized spacial score (nSPS) is 9.38. The van der Waals surface area contributed by atoms with Crippen LogP contribution in [-0.4, -0.2) is 6.54 Å². The summed E-state index contributed by atoms with van der Waals surface area (Å²) in [5, 5.41) is 4.33. The summed E-state index contributed by atoms with van der Waals surface area (Å²) in [6.45, 7) is 0.376. The van der Waals surface area contributed by atoms with E-state index < -0.39 is 0 Å². The monoisotopic (exact) mass is 233 g/mol. The fourth-order valence-corrected chi connectivity index (χ4v) is 1.80. The van der Waals surface area contributed by atoms with Crippen LogP contribution in [0.1, 0.15) is 0 Å². The van der Waals surface area contributed by atoms with Crippen molar-refractivity contribution in [2.24, 2.45) is 0 Å². The summed E-state index contributed by atoms with van der Waals surface area (Å²) in [5.41, 5.74) is 0.616. The molecule has 1 nitrogen and oxygen atoms in total. The van der Waals surface area contributed by atoms with Crippen molar-refractivity contribution in [2.45, 2.75) is 0 Å². The van der Waals surface area contributed by atoms with E-state index >= 15 is 0 Å². The number of terminal acetylenes is 1. The summed E-state index contributed by atoms with van der Waals surface area (Å²) in [4.78, 5) is 0. The number of rotatable bonds is 2. The average molecular weight is 235 g/mol. The first kappa shape index (κ1) is 10.5. The molecule has 0 spiro atoms. The summed E-state index contributed by atoms with van der Waals surface area (Å²) in [6.07, 6.45) is 5.08. The van der Waals surface area contributed by atoms with Crippen molar-refractivity contribution in [1.29, 1.82) is 0 Å². The Morgan fingerprint density at radius 1 is 1.23 bits per heavy atom. The fraction of sp³-hybridized carbons (Fsp3) is 0.111. The van der Waals surface area contributed by atoms with Gasteiger partial charge in [0.25, 0.3) is 0 Å². The van der Waals surface area contributed by atoms with E-state index in [1.165, 1.54) is 0 Å². The molecule has 0 bridgehead atoms. The van der Waals surface area contributed by atoms with Gasteiger partial charge in [-0.25, -0.2) is 0 Å². The Bertz CT molecular complexity index is 331. The fourth-order valence-electron chi connectivity index (χ4n) is 0.851. The highest BCUT2D eigenvalue weighted by atomic mass is 35.5. The second-order valence-corrected chi connectivity index (χ2v) is 3.55. The molecule has 1 rings (SSSR count). The number of benzene rings is 1. The van der Waals surface area contributed by atoms with E-state index in [4.69, 9.17) is 41.2 Å². The highest BCUT2D eigenvalue weighted by Gasteiger charge is 2.05. The molecular formula is C9H6Cl3N. The Morgan fingerprint density at radius 3 is 2.23 bits per heavy atom. The van der Waals surface area contributed by atoms with Crippen molar-refractivity contribution in [3.05, 3.63) is 27.2 Å². The van der Waals surface area contributed by atoms with Gasteiger partial charge in [0, 0.05) is 5.02 Å². The molecule has 1 aromatic rings. The third-order valence-electron chi connectivity index (χ3n) is 1.37. The molecular weight excluding hydrogens is 228 g/mol. The van der Waals surface area contributed by atoms with Gasteiger partial charge in [0.05, 0.1) is 22.3 Å². The maximum absolute atomic E-state index is 5.87. The van der Waals surface area contributed by atoms with E-state index in [1.807, 2.05) is 0 Å². The molecule has 0 aliphatic rings. The topological polar surface area (TPSA) is 12.0 Å².